The van der Waals surface area contributed by atoms with Crippen LogP contribution in [0.5, 0.6) is 0 Å². The summed E-state index contributed by atoms with van der Waals surface area (Å²) >= 11 is 1.78. The van der Waals surface area contributed by atoms with E-state index in [1.54, 1.807) is 17.5 Å². The molecule has 4 heteroatoms. The maximum Gasteiger partial charge on any atom is 0.0635 e. The van der Waals surface area contributed by atoms with Gasteiger partial charge in [-0.25, -0.2) is 0 Å². The first-order chi connectivity index (χ1) is 7.90. The van der Waals surface area contributed by atoms with Gasteiger partial charge in [0.1, 0.15) is 0 Å². The molecule has 0 fully saturated rings. The Morgan fingerprint density at radius 1 is 1.31 bits per heavy atom. The van der Waals surface area contributed by atoms with Crippen LogP contribution in [-0.4, -0.2) is 4.98 Å². The Labute approximate surface area is 99.3 Å². The van der Waals surface area contributed by atoms with Crippen LogP contribution < -0.4 is 11.3 Å². The summed E-state index contributed by atoms with van der Waals surface area (Å²) < 4.78 is 0. The fourth-order valence-corrected chi connectivity index (χ4v) is 2.36. The zero-order valence-electron chi connectivity index (χ0n) is 8.97. The molecule has 3 nitrogen and oxygen atoms in total. The summed E-state index contributed by atoms with van der Waals surface area (Å²) in [5, 5.41) is 2.10. The molecule has 1 unspecified atom stereocenters. The lowest BCUT2D eigenvalue weighted by atomic mass is 10.1. The van der Waals surface area contributed by atoms with Gasteiger partial charge in [-0.15, -0.1) is 11.3 Å². The Kier molecular flexibility index (Phi) is 4.04. The third-order valence-electron chi connectivity index (χ3n) is 2.51. The van der Waals surface area contributed by atoms with Crippen molar-refractivity contribution in [1.29, 1.82) is 0 Å². The van der Waals surface area contributed by atoms with Crippen molar-refractivity contribution in [1.82, 2.24) is 10.4 Å². The van der Waals surface area contributed by atoms with Gasteiger partial charge in [-0.3, -0.25) is 16.3 Å². The quantitative estimate of drug-likeness (QED) is 0.615. The van der Waals surface area contributed by atoms with Crippen LogP contribution in [0.25, 0.3) is 0 Å². The summed E-state index contributed by atoms with van der Waals surface area (Å²) in [6.07, 6.45) is 3.79. The average molecular weight is 233 g/mol. The first-order valence-corrected chi connectivity index (χ1v) is 6.17. The van der Waals surface area contributed by atoms with E-state index >= 15 is 0 Å². The van der Waals surface area contributed by atoms with Crippen LogP contribution in [0, 0.1) is 0 Å². The van der Waals surface area contributed by atoms with E-state index in [2.05, 4.69) is 27.9 Å². The molecule has 0 spiro atoms. The number of hydrogen-bond donors (Lipinski definition) is 2. The molecule has 2 rings (SSSR count). The number of rotatable bonds is 5. The van der Waals surface area contributed by atoms with Gasteiger partial charge in [-0.05, 0) is 36.4 Å². The molecule has 2 heterocycles. The number of nitrogens with zero attached hydrogens (tertiary/aromatic N) is 1. The van der Waals surface area contributed by atoms with Crippen LogP contribution in [0.15, 0.2) is 41.9 Å². The second kappa shape index (κ2) is 5.75. The van der Waals surface area contributed by atoms with Gasteiger partial charge >= 0.3 is 0 Å². The minimum absolute atomic E-state index is 0.128. The molecule has 0 aliphatic heterocycles. The summed E-state index contributed by atoms with van der Waals surface area (Å²) in [4.78, 5) is 5.70. The number of hydrazine groups is 1. The van der Waals surface area contributed by atoms with Crippen LogP contribution in [0.3, 0.4) is 0 Å². The van der Waals surface area contributed by atoms with Crippen molar-refractivity contribution in [3.63, 3.8) is 0 Å². The lowest BCUT2D eigenvalue weighted by Crippen LogP contribution is -2.29. The number of thiophene rings is 1. The fourth-order valence-electron chi connectivity index (χ4n) is 1.64. The summed E-state index contributed by atoms with van der Waals surface area (Å²) in [6.45, 7) is 0. The topological polar surface area (TPSA) is 50.9 Å². The highest BCUT2D eigenvalue weighted by molar-refractivity contribution is 7.09. The van der Waals surface area contributed by atoms with E-state index in [-0.39, 0.29) is 6.04 Å². The lowest BCUT2D eigenvalue weighted by molar-refractivity contribution is 0.506. The monoisotopic (exact) mass is 233 g/mol. The molecule has 3 N–H and O–H groups in total. The standard InChI is InChI=1S/C12H15N3S/c13-15-12(11-5-1-2-8-14-11)7-6-10-4-3-9-16-10/h1-5,8-9,12,15H,6-7,13H2. The normalized spacial score (nSPS) is 12.6. The predicted octanol–water partition coefficient (Wildman–Crippen LogP) is 2.28. The first kappa shape index (κ1) is 11.3. The molecule has 0 bridgehead atoms. The van der Waals surface area contributed by atoms with Crippen LogP contribution in [0.4, 0.5) is 0 Å². The molecule has 0 radical (unpaired) electrons. The maximum absolute atomic E-state index is 5.56. The SMILES string of the molecule is NNC(CCc1cccs1)c1ccccn1. The molecule has 2 aromatic heterocycles. The predicted molar refractivity (Wildman–Crippen MR) is 66.9 cm³/mol. The van der Waals surface area contributed by atoms with E-state index in [9.17, 15) is 0 Å². The van der Waals surface area contributed by atoms with Gasteiger partial charge < -0.3 is 0 Å². The van der Waals surface area contributed by atoms with Gasteiger partial charge in [0.05, 0.1) is 11.7 Å². The smallest absolute Gasteiger partial charge is 0.0635 e. The van der Waals surface area contributed by atoms with E-state index in [0.717, 1.165) is 18.5 Å². The molecule has 0 saturated heterocycles. The number of nitrogens with two attached hydrogens (primary N) is 1. The Balaban J connectivity index is 1.96. The summed E-state index contributed by atoms with van der Waals surface area (Å²) in [5.41, 5.74) is 3.82. The number of aryl methyl sites for hydroxylation is 1. The highest BCUT2D eigenvalue weighted by Crippen LogP contribution is 2.18. The van der Waals surface area contributed by atoms with Crippen molar-refractivity contribution in [2.24, 2.45) is 5.84 Å². The molecule has 16 heavy (non-hydrogen) atoms. The second-order valence-electron chi connectivity index (χ2n) is 3.59. The molecular formula is C12H15N3S. The number of hydrogen-bond acceptors (Lipinski definition) is 4. The van der Waals surface area contributed by atoms with E-state index in [1.165, 1.54) is 4.88 Å². The minimum Gasteiger partial charge on any atom is -0.271 e. The van der Waals surface area contributed by atoms with Gasteiger partial charge in [0.15, 0.2) is 0 Å². The Bertz CT molecular complexity index is 399. The third kappa shape index (κ3) is 2.88. The molecule has 84 valence electrons. The first-order valence-electron chi connectivity index (χ1n) is 5.29. The van der Waals surface area contributed by atoms with Crippen LogP contribution in [0.1, 0.15) is 23.0 Å². The molecule has 0 saturated carbocycles. The molecule has 1 atom stereocenters. The van der Waals surface area contributed by atoms with Gasteiger partial charge in [0.25, 0.3) is 0 Å². The molecule has 0 amide bonds. The highest BCUT2D eigenvalue weighted by atomic mass is 32.1. The zero-order valence-corrected chi connectivity index (χ0v) is 9.78. The van der Waals surface area contributed by atoms with E-state index in [0.29, 0.717) is 0 Å². The number of nitrogens with one attached hydrogen (secondary N) is 1. The summed E-state index contributed by atoms with van der Waals surface area (Å²) in [6, 6.07) is 10.2. The van der Waals surface area contributed by atoms with Crippen molar-refractivity contribution in [3.8, 4) is 0 Å². The fraction of sp³-hybridized carbons (Fsp3) is 0.250. The van der Waals surface area contributed by atoms with Crippen LogP contribution in [-0.2, 0) is 6.42 Å². The molecule has 0 aliphatic rings. The van der Waals surface area contributed by atoms with E-state index in [1.807, 2.05) is 18.2 Å². The average Bonchev–Trinajstić information content (AvgIpc) is 2.84. The molecular weight excluding hydrogens is 218 g/mol. The Morgan fingerprint density at radius 2 is 2.25 bits per heavy atom. The number of aromatic nitrogens is 1. The summed E-state index contributed by atoms with van der Waals surface area (Å²) in [5.74, 6) is 5.56. The van der Waals surface area contributed by atoms with Gasteiger partial charge in [0.2, 0.25) is 0 Å². The van der Waals surface area contributed by atoms with Gasteiger partial charge in [-0.1, -0.05) is 12.1 Å². The molecule has 0 aliphatic carbocycles. The lowest BCUT2D eigenvalue weighted by Gasteiger charge is -2.14. The van der Waals surface area contributed by atoms with Crippen molar-refractivity contribution >= 4 is 11.3 Å². The third-order valence-corrected chi connectivity index (χ3v) is 3.44. The van der Waals surface area contributed by atoms with Crippen molar-refractivity contribution < 1.29 is 0 Å². The Hall–Kier alpha value is -1.23. The van der Waals surface area contributed by atoms with Crippen LogP contribution >= 0.6 is 11.3 Å². The summed E-state index contributed by atoms with van der Waals surface area (Å²) in [7, 11) is 0. The second-order valence-corrected chi connectivity index (χ2v) is 4.62. The van der Waals surface area contributed by atoms with Crippen molar-refractivity contribution in [3.05, 3.63) is 52.5 Å². The molecule has 0 aromatic carbocycles. The minimum atomic E-state index is 0.128. The van der Waals surface area contributed by atoms with E-state index in [4.69, 9.17) is 5.84 Å². The van der Waals surface area contributed by atoms with Gasteiger partial charge in [-0.2, -0.15) is 0 Å². The van der Waals surface area contributed by atoms with E-state index < -0.39 is 0 Å². The van der Waals surface area contributed by atoms with Gasteiger partial charge in [0, 0.05) is 11.1 Å². The molecule has 2 aromatic rings. The zero-order chi connectivity index (χ0) is 11.2. The maximum atomic E-state index is 5.56. The number of pyridine rings is 1. The van der Waals surface area contributed by atoms with Crippen LogP contribution in [0.2, 0.25) is 0 Å². The van der Waals surface area contributed by atoms with Crippen molar-refractivity contribution in [2.75, 3.05) is 0 Å². The van der Waals surface area contributed by atoms with Crippen molar-refractivity contribution in [2.45, 2.75) is 18.9 Å². The Morgan fingerprint density at radius 3 is 2.88 bits per heavy atom. The largest absolute Gasteiger partial charge is 0.271 e. The highest BCUT2D eigenvalue weighted by Gasteiger charge is 2.10.